The molecule has 2 amide bonds. The Balaban J connectivity index is 1.76. The van der Waals surface area contributed by atoms with Crippen LogP contribution in [0.1, 0.15) is 22.8 Å². The third-order valence-electron chi connectivity index (χ3n) is 3.99. The molecule has 1 heterocycles. The van der Waals surface area contributed by atoms with Crippen LogP contribution in [-0.2, 0) is 4.79 Å². The molecule has 0 unspecified atom stereocenters. The zero-order chi connectivity index (χ0) is 20.1. The standard InChI is InChI=1S/C21H19ClN4O2/c1-13-19(22)7-4-8-20(13)26-21(28)15-9-18(12-23-11-15)25-17-6-3-5-16(10-17)24-14(2)27/h3-12,25H,1-2H3,(H,24,27)(H,26,28). The van der Waals surface area contributed by atoms with Gasteiger partial charge in [0.05, 0.1) is 17.4 Å². The molecule has 0 saturated heterocycles. The number of hydrogen-bond acceptors (Lipinski definition) is 4. The zero-order valence-corrected chi connectivity index (χ0v) is 16.2. The molecule has 3 aromatic rings. The predicted molar refractivity (Wildman–Crippen MR) is 112 cm³/mol. The van der Waals surface area contributed by atoms with Gasteiger partial charge in [0.25, 0.3) is 5.91 Å². The van der Waals surface area contributed by atoms with E-state index in [1.807, 2.05) is 19.1 Å². The summed E-state index contributed by atoms with van der Waals surface area (Å²) >= 11 is 6.10. The van der Waals surface area contributed by atoms with Gasteiger partial charge in [0.15, 0.2) is 0 Å². The molecule has 0 spiro atoms. The van der Waals surface area contributed by atoms with Gasteiger partial charge < -0.3 is 16.0 Å². The molecule has 0 atom stereocenters. The van der Waals surface area contributed by atoms with Gasteiger partial charge in [0, 0.05) is 35.2 Å². The van der Waals surface area contributed by atoms with Crippen molar-refractivity contribution >= 4 is 46.2 Å². The number of benzene rings is 2. The summed E-state index contributed by atoms with van der Waals surface area (Å²) in [6.45, 7) is 3.30. The van der Waals surface area contributed by atoms with Gasteiger partial charge in [-0.3, -0.25) is 14.6 Å². The Bertz CT molecular complexity index is 1040. The third-order valence-corrected chi connectivity index (χ3v) is 4.40. The molecule has 0 bridgehead atoms. The summed E-state index contributed by atoms with van der Waals surface area (Å²) in [4.78, 5) is 27.9. The lowest BCUT2D eigenvalue weighted by Gasteiger charge is -2.11. The van der Waals surface area contributed by atoms with Gasteiger partial charge in [-0.1, -0.05) is 23.7 Å². The fraction of sp³-hybridized carbons (Fsp3) is 0.0952. The second-order valence-corrected chi connectivity index (χ2v) is 6.62. The molecule has 28 heavy (non-hydrogen) atoms. The van der Waals surface area contributed by atoms with Crippen LogP contribution in [0.3, 0.4) is 0 Å². The summed E-state index contributed by atoms with van der Waals surface area (Å²) in [6, 6.07) is 14.3. The Hall–Kier alpha value is -3.38. The van der Waals surface area contributed by atoms with E-state index in [1.54, 1.807) is 42.6 Å². The van der Waals surface area contributed by atoms with E-state index in [4.69, 9.17) is 11.6 Å². The van der Waals surface area contributed by atoms with E-state index < -0.39 is 0 Å². The lowest BCUT2D eigenvalue weighted by Crippen LogP contribution is -2.13. The molecule has 0 aliphatic heterocycles. The molecule has 0 radical (unpaired) electrons. The number of halogens is 1. The Morgan fingerprint density at radius 3 is 2.46 bits per heavy atom. The quantitative estimate of drug-likeness (QED) is 0.568. The Morgan fingerprint density at radius 1 is 0.929 bits per heavy atom. The molecule has 6 nitrogen and oxygen atoms in total. The summed E-state index contributed by atoms with van der Waals surface area (Å²) in [7, 11) is 0. The van der Waals surface area contributed by atoms with E-state index in [0.717, 1.165) is 11.3 Å². The molecule has 0 aliphatic carbocycles. The van der Waals surface area contributed by atoms with Crippen LogP contribution in [-0.4, -0.2) is 16.8 Å². The van der Waals surface area contributed by atoms with Crippen molar-refractivity contribution in [1.29, 1.82) is 0 Å². The maximum absolute atomic E-state index is 12.6. The monoisotopic (exact) mass is 394 g/mol. The Morgan fingerprint density at radius 2 is 1.68 bits per heavy atom. The van der Waals surface area contributed by atoms with Crippen molar-refractivity contribution in [1.82, 2.24) is 4.98 Å². The molecule has 2 aromatic carbocycles. The Labute approximate surface area is 168 Å². The smallest absolute Gasteiger partial charge is 0.257 e. The molecule has 0 saturated carbocycles. The maximum atomic E-state index is 12.6. The second-order valence-electron chi connectivity index (χ2n) is 6.22. The van der Waals surface area contributed by atoms with Crippen LogP contribution >= 0.6 is 11.6 Å². The Kier molecular flexibility index (Phi) is 5.91. The average molecular weight is 395 g/mol. The van der Waals surface area contributed by atoms with E-state index in [1.165, 1.54) is 13.1 Å². The highest BCUT2D eigenvalue weighted by Crippen LogP contribution is 2.24. The summed E-state index contributed by atoms with van der Waals surface area (Å²) in [6.07, 6.45) is 3.11. The summed E-state index contributed by atoms with van der Waals surface area (Å²) in [5, 5.41) is 9.35. The third kappa shape index (κ3) is 4.86. The van der Waals surface area contributed by atoms with Gasteiger partial charge in [-0.05, 0) is 48.9 Å². The van der Waals surface area contributed by atoms with Crippen LogP contribution in [0.15, 0.2) is 60.9 Å². The van der Waals surface area contributed by atoms with Gasteiger partial charge in [0.1, 0.15) is 0 Å². The minimum Gasteiger partial charge on any atom is -0.354 e. The number of aromatic nitrogens is 1. The van der Waals surface area contributed by atoms with E-state index in [2.05, 4.69) is 20.9 Å². The first-order valence-electron chi connectivity index (χ1n) is 8.58. The van der Waals surface area contributed by atoms with Crippen molar-refractivity contribution in [3.63, 3.8) is 0 Å². The average Bonchev–Trinajstić information content (AvgIpc) is 2.65. The molecule has 142 valence electrons. The summed E-state index contributed by atoms with van der Waals surface area (Å²) in [5.74, 6) is -0.428. The van der Waals surface area contributed by atoms with Crippen LogP contribution in [0.2, 0.25) is 5.02 Å². The van der Waals surface area contributed by atoms with E-state index in [9.17, 15) is 9.59 Å². The van der Waals surface area contributed by atoms with E-state index in [0.29, 0.717) is 27.6 Å². The number of nitrogens with one attached hydrogen (secondary N) is 3. The van der Waals surface area contributed by atoms with Crippen LogP contribution in [0.5, 0.6) is 0 Å². The van der Waals surface area contributed by atoms with Crippen molar-refractivity contribution in [3.05, 3.63) is 77.1 Å². The highest BCUT2D eigenvalue weighted by Gasteiger charge is 2.10. The van der Waals surface area contributed by atoms with Crippen molar-refractivity contribution in [2.24, 2.45) is 0 Å². The normalized spacial score (nSPS) is 10.2. The number of anilines is 4. The molecule has 7 heteroatoms. The number of nitrogens with zero attached hydrogens (tertiary/aromatic N) is 1. The fourth-order valence-electron chi connectivity index (χ4n) is 2.61. The predicted octanol–water partition coefficient (Wildman–Crippen LogP) is 5.00. The van der Waals surface area contributed by atoms with Crippen LogP contribution < -0.4 is 16.0 Å². The lowest BCUT2D eigenvalue weighted by atomic mass is 10.2. The number of carbonyl (C=O) groups excluding carboxylic acids is 2. The number of rotatable bonds is 5. The SMILES string of the molecule is CC(=O)Nc1cccc(Nc2cncc(C(=O)Nc3cccc(Cl)c3C)c2)c1. The first-order valence-corrected chi connectivity index (χ1v) is 8.96. The molecule has 3 N–H and O–H groups in total. The van der Waals surface area contributed by atoms with Gasteiger partial charge >= 0.3 is 0 Å². The molecule has 0 aliphatic rings. The zero-order valence-electron chi connectivity index (χ0n) is 15.4. The number of hydrogen-bond donors (Lipinski definition) is 3. The molecule has 1 aromatic heterocycles. The topological polar surface area (TPSA) is 83.1 Å². The molecular formula is C21H19ClN4O2. The summed E-state index contributed by atoms with van der Waals surface area (Å²) in [5.41, 5.74) is 3.94. The van der Waals surface area contributed by atoms with Gasteiger partial charge in [-0.25, -0.2) is 0 Å². The first kappa shape index (κ1) is 19.4. The highest BCUT2D eigenvalue weighted by atomic mass is 35.5. The van der Waals surface area contributed by atoms with Crippen LogP contribution in [0.25, 0.3) is 0 Å². The second kappa shape index (κ2) is 8.54. The lowest BCUT2D eigenvalue weighted by molar-refractivity contribution is -0.114. The minimum atomic E-state index is -0.284. The highest BCUT2D eigenvalue weighted by molar-refractivity contribution is 6.31. The van der Waals surface area contributed by atoms with Gasteiger partial charge in [-0.2, -0.15) is 0 Å². The number of amides is 2. The fourth-order valence-corrected chi connectivity index (χ4v) is 2.79. The molecule has 0 fully saturated rings. The van der Waals surface area contributed by atoms with Crippen molar-refractivity contribution in [2.75, 3.05) is 16.0 Å². The molecular weight excluding hydrogens is 376 g/mol. The number of carbonyl (C=O) groups is 2. The first-order chi connectivity index (χ1) is 13.4. The summed E-state index contributed by atoms with van der Waals surface area (Å²) < 4.78 is 0. The van der Waals surface area contributed by atoms with Crippen molar-refractivity contribution < 1.29 is 9.59 Å². The van der Waals surface area contributed by atoms with E-state index >= 15 is 0 Å². The maximum Gasteiger partial charge on any atom is 0.257 e. The minimum absolute atomic E-state index is 0.145. The number of pyridine rings is 1. The van der Waals surface area contributed by atoms with Crippen LogP contribution in [0.4, 0.5) is 22.7 Å². The largest absolute Gasteiger partial charge is 0.354 e. The van der Waals surface area contributed by atoms with Gasteiger partial charge in [-0.15, -0.1) is 0 Å². The van der Waals surface area contributed by atoms with Crippen molar-refractivity contribution in [3.8, 4) is 0 Å². The molecule has 3 rings (SSSR count). The van der Waals surface area contributed by atoms with Crippen molar-refractivity contribution in [2.45, 2.75) is 13.8 Å². The van der Waals surface area contributed by atoms with Gasteiger partial charge in [0.2, 0.25) is 5.91 Å². The van der Waals surface area contributed by atoms with Crippen LogP contribution in [0, 0.1) is 6.92 Å². The van der Waals surface area contributed by atoms with E-state index in [-0.39, 0.29) is 11.8 Å².